The van der Waals surface area contributed by atoms with Crippen LogP contribution in [0.3, 0.4) is 0 Å². The summed E-state index contributed by atoms with van der Waals surface area (Å²) in [4.78, 5) is 0. The van der Waals surface area contributed by atoms with E-state index in [-0.39, 0.29) is 5.41 Å². The highest BCUT2D eigenvalue weighted by Crippen LogP contribution is 2.51. The van der Waals surface area contributed by atoms with Crippen LogP contribution in [0.25, 0.3) is 109 Å². The van der Waals surface area contributed by atoms with Gasteiger partial charge >= 0.3 is 0 Å². The average Bonchev–Trinajstić information content (AvgIpc) is 3.51. The Balaban J connectivity index is 1.02. The molecule has 0 spiro atoms. The zero-order chi connectivity index (χ0) is 39.2. The fourth-order valence-electron chi connectivity index (χ4n) is 10.4. The molecule has 0 aliphatic heterocycles. The predicted molar refractivity (Wildman–Crippen MR) is 253 cm³/mol. The number of hydrogen-bond donors (Lipinski definition) is 0. The highest BCUT2D eigenvalue weighted by atomic mass is 14.4. The molecule has 11 aromatic rings. The Hall–Kier alpha value is -7.28. The topological polar surface area (TPSA) is 0 Å². The molecule has 0 nitrogen and oxygen atoms in total. The molecule has 0 amide bonds. The van der Waals surface area contributed by atoms with Gasteiger partial charge in [-0.15, -0.1) is 0 Å². The van der Waals surface area contributed by atoms with Crippen LogP contribution in [0, 0.1) is 0 Å². The minimum atomic E-state index is -0.0581. The van der Waals surface area contributed by atoms with Crippen LogP contribution in [0.5, 0.6) is 0 Å². The summed E-state index contributed by atoms with van der Waals surface area (Å²) in [7, 11) is 0. The Bertz CT molecular complexity index is 3470. The molecule has 0 bridgehead atoms. The first-order valence-electron chi connectivity index (χ1n) is 20.7. The molecule has 0 saturated carbocycles. The summed E-state index contributed by atoms with van der Waals surface area (Å²) in [6.45, 7) is 4.74. The third-order valence-electron chi connectivity index (χ3n) is 13.2. The van der Waals surface area contributed by atoms with Gasteiger partial charge in [0.15, 0.2) is 0 Å². The summed E-state index contributed by atoms with van der Waals surface area (Å²) in [6.07, 6.45) is 0. The maximum absolute atomic E-state index is 2.43. The minimum Gasteiger partial charge on any atom is -0.0616 e. The van der Waals surface area contributed by atoms with Gasteiger partial charge in [-0.25, -0.2) is 0 Å². The van der Waals surface area contributed by atoms with Crippen molar-refractivity contribution in [2.75, 3.05) is 0 Å². The second kappa shape index (κ2) is 12.9. The molecule has 59 heavy (non-hydrogen) atoms. The molecule has 0 aromatic heterocycles. The van der Waals surface area contributed by atoms with Crippen molar-refractivity contribution in [3.05, 3.63) is 217 Å². The molecule has 0 heterocycles. The fourth-order valence-corrected chi connectivity index (χ4v) is 10.4. The SMILES string of the molecule is CC1(C)c2ccc(-c3cccc(-c4c5ccccc5c(-c5cccc(-c6cc7ccccc7c7ccccc67)c5)c5ccccc45)c3)cc2-c2cc3ccccc3cc21. The first-order chi connectivity index (χ1) is 29.0. The van der Waals surface area contributed by atoms with Gasteiger partial charge in [-0.3, -0.25) is 0 Å². The molecule has 0 N–H and O–H groups in total. The van der Waals surface area contributed by atoms with E-state index in [9.17, 15) is 0 Å². The zero-order valence-electron chi connectivity index (χ0n) is 33.1. The number of fused-ring (bicyclic) bond motifs is 9. The van der Waals surface area contributed by atoms with E-state index in [1.807, 2.05) is 0 Å². The van der Waals surface area contributed by atoms with E-state index in [2.05, 4.69) is 220 Å². The molecular formula is C59H40. The summed E-state index contributed by atoms with van der Waals surface area (Å²) < 4.78 is 0. The van der Waals surface area contributed by atoms with Gasteiger partial charge in [0.25, 0.3) is 0 Å². The van der Waals surface area contributed by atoms with Gasteiger partial charge in [-0.2, -0.15) is 0 Å². The molecule has 0 atom stereocenters. The van der Waals surface area contributed by atoms with Crippen molar-refractivity contribution >= 4 is 53.9 Å². The lowest BCUT2D eigenvalue weighted by Gasteiger charge is -2.22. The highest BCUT2D eigenvalue weighted by molar-refractivity contribution is 6.22. The van der Waals surface area contributed by atoms with E-state index in [0.29, 0.717) is 0 Å². The molecule has 1 aliphatic rings. The lowest BCUT2D eigenvalue weighted by atomic mass is 9.81. The second-order valence-corrected chi connectivity index (χ2v) is 16.8. The van der Waals surface area contributed by atoms with Crippen LogP contribution in [0.1, 0.15) is 25.0 Å². The van der Waals surface area contributed by atoms with Crippen LogP contribution in [0.2, 0.25) is 0 Å². The van der Waals surface area contributed by atoms with Gasteiger partial charge in [0, 0.05) is 5.41 Å². The summed E-state index contributed by atoms with van der Waals surface area (Å²) >= 11 is 0. The fraction of sp³-hybridized carbons (Fsp3) is 0.0508. The molecule has 0 unspecified atom stereocenters. The Kier molecular flexibility index (Phi) is 7.38. The van der Waals surface area contributed by atoms with E-state index >= 15 is 0 Å². The van der Waals surface area contributed by atoms with Gasteiger partial charge in [0.1, 0.15) is 0 Å². The van der Waals surface area contributed by atoms with Crippen LogP contribution in [0.4, 0.5) is 0 Å². The number of benzene rings is 11. The monoisotopic (exact) mass is 748 g/mol. The van der Waals surface area contributed by atoms with Crippen LogP contribution in [-0.4, -0.2) is 0 Å². The molecule has 12 rings (SSSR count). The minimum absolute atomic E-state index is 0.0581. The van der Waals surface area contributed by atoms with E-state index in [1.54, 1.807) is 0 Å². The van der Waals surface area contributed by atoms with Crippen LogP contribution >= 0.6 is 0 Å². The zero-order valence-corrected chi connectivity index (χ0v) is 33.1. The first kappa shape index (κ1) is 33.8. The second-order valence-electron chi connectivity index (χ2n) is 16.8. The van der Waals surface area contributed by atoms with Crippen LogP contribution in [-0.2, 0) is 5.41 Å². The Labute approximate surface area is 344 Å². The average molecular weight is 749 g/mol. The van der Waals surface area contributed by atoms with E-state index in [1.165, 1.54) is 121 Å². The molecule has 0 heteroatoms. The van der Waals surface area contributed by atoms with Crippen molar-refractivity contribution in [2.24, 2.45) is 0 Å². The molecule has 0 saturated heterocycles. The van der Waals surface area contributed by atoms with Gasteiger partial charge in [0.05, 0.1) is 0 Å². The lowest BCUT2D eigenvalue weighted by Crippen LogP contribution is -2.14. The van der Waals surface area contributed by atoms with E-state index in [4.69, 9.17) is 0 Å². The van der Waals surface area contributed by atoms with Crippen molar-refractivity contribution in [2.45, 2.75) is 19.3 Å². The number of hydrogen-bond acceptors (Lipinski definition) is 0. The third-order valence-corrected chi connectivity index (χ3v) is 13.2. The van der Waals surface area contributed by atoms with Gasteiger partial charge in [0.2, 0.25) is 0 Å². The normalized spacial score (nSPS) is 13.1. The van der Waals surface area contributed by atoms with Gasteiger partial charge < -0.3 is 0 Å². The summed E-state index contributed by atoms with van der Waals surface area (Å²) in [5.74, 6) is 0. The Morgan fingerprint density at radius 3 is 1.34 bits per heavy atom. The highest BCUT2D eigenvalue weighted by Gasteiger charge is 2.36. The molecule has 0 radical (unpaired) electrons. The van der Waals surface area contributed by atoms with Gasteiger partial charge in [-0.05, 0) is 157 Å². The molecule has 276 valence electrons. The van der Waals surface area contributed by atoms with Crippen molar-refractivity contribution < 1.29 is 0 Å². The Morgan fingerprint density at radius 2 is 0.695 bits per heavy atom. The summed E-state index contributed by atoms with van der Waals surface area (Å²) in [5.41, 5.74) is 15.4. The standard InChI is InChI=1S/C59H40/c1-59(2)55-30-29-40(34-53(55)54-33-38-15-3-4-16-39(38)36-56(54)59)37-18-13-20-43(31-37)57-48-25-9-11-27-50(48)58(51-28-12-10-26-49(51)57)44-21-14-19-41(32-44)52-35-42-17-5-6-22-45(42)46-23-7-8-24-47(46)52/h3-36H,1-2H3. The maximum atomic E-state index is 2.43. The molecule has 1 aliphatic carbocycles. The van der Waals surface area contributed by atoms with Crippen molar-refractivity contribution in [3.8, 4) is 55.6 Å². The van der Waals surface area contributed by atoms with Crippen molar-refractivity contribution in [1.29, 1.82) is 0 Å². The predicted octanol–water partition coefficient (Wildman–Crippen LogP) is 16.4. The maximum Gasteiger partial charge on any atom is 0.0159 e. The van der Waals surface area contributed by atoms with Crippen molar-refractivity contribution in [3.63, 3.8) is 0 Å². The van der Waals surface area contributed by atoms with Crippen molar-refractivity contribution in [1.82, 2.24) is 0 Å². The summed E-state index contributed by atoms with van der Waals surface area (Å²) in [6, 6.07) is 77.0. The lowest BCUT2D eigenvalue weighted by molar-refractivity contribution is 0.661. The Morgan fingerprint density at radius 1 is 0.254 bits per heavy atom. The quantitative estimate of drug-likeness (QED) is 0.124. The van der Waals surface area contributed by atoms with Crippen LogP contribution < -0.4 is 0 Å². The molecule has 11 aromatic carbocycles. The van der Waals surface area contributed by atoms with E-state index in [0.717, 1.165) is 0 Å². The first-order valence-corrected chi connectivity index (χ1v) is 20.7. The number of rotatable bonds is 4. The van der Waals surface area contributed by atoms with E-state index < -0.39 is 0 Å². The smallest absolute Gasteiger partial charge is 0.0159 e. The largest absolute Gasteiger partial charge is 0.0616 e. The van der Waals surface area contributed by atoms with Crippen LogP contribution in [0.15, 0.2) is 206 Å². The van der Waals surface area contributed by atoms with Gasteiger partial charge in [-0.1, -0.05) is 184 Å². The third kappa shape index (κ3) is 5.16. The molecular weight excluding hydrogens is 709 g/mol. The summed E-state index contributed by atoms with van der Waals surface area (Å²) in [5, 5.41) is 12.7. The molecule has 0 fully saturated rings.